The molecule has 2 aromatic carbocycles. The summed E-state index contributed by atoms with van der Waals surface area (Å²) in [6, 6.07) is 12.2. The summed E-state index contributed by atoms with van der Waals surface area (Å²) in [5.41, 5.74) is 3.77. The van der Waals surface area contributed by atoms with E-state index in [1.165, 1.54) is 6.07 Å². The van der Waals surface area contributed by atoms with Gasteiger partial charge < -0.3 is 30.5 Å². The van der Waals surface area contributed by atoms with E-state index in [0.29, 0.717) is 41.4 Å². The van der Waals surface area contributed by atoms with Crippen LogP contribution in [0.25, 0.3) is 0 Å². The van der Waals surface area contributed by atoms with E-state index in [2.05, 4.69) is 20.9 Å². The Kier molecular flexibility index (Phi) is 7.82. The number of carbonyl (C=O) groups is 2. The third kappa shape index (κ3) is 5.93. The molecule has 0 aliphatic carbocycles. The van der Waals surface area contributed by atoms with Crippen molar-refractivity contribution in [1.82, 2.24) is 20.9 Å². The Hall–Kier alpha value is -3.60. The van der Waals surface area contributed by atoms with Gasteiger partial charge in [-0.25, -0.2) is 9.79 Å². The van der Waals surface area contributed by atoms with Gasteiger partial charge in [0.25, 0.3) is 5.91 Å². The van der Waals surface area contributed by atoms with Gasteiger partial charge in [0, 0.05) is 38.2 Å². The van der Waals surface area contributed by atoms with Crippen LogP contribution in [0, 0.1) is 6.92 Å². The second-order valence-corrected chi connectivity index (χ2v) is 9.88. The number of carboxylic acids is 1. The van der Waals surface area contributed by atoms with Crippen LogP contribution in [0.3, 0.4) is 0 Å². The molecule has 200 valence electrons. The van der Waals surface area contributed by atoms with Gasteiger partial charge in [-0.05, 0) is 42.3 Å². The molecule has 0 aromatic heterocycles. The smallest absolute Gasteiger partial charge is 0.336 e. The van der Waals surface area contributed by atoms with Crippen LogP contribution in [0.4, 0.5) is 0 Å². The molecule has 0 radical (unpaired) electrons. The molecule has 1 amide bonds. The third-order valence-corrected chi connectivity index (χ3v) is 7.09. The molecule has 1 fully saturated rings. The van der Waals surface area contributed by atoms with Crippen LogP contribution >= 0.6 is 11.6 Å². The lowest BCUT2D eigenvalue weighted by molar-refractivity contribution is 0.0383. The predicted octanol–water partition coefficient (Wildman–Crippen LogP) is 2.28. The molecule has 0 spiro atoms. The third-order valence-electron chi connectivity index (χ3n) is 6.72. The van der Waals surface area contributed by atoms with Gasteiger partial charge in [0.2, 0.25) is 6.35 Å². The molecule has 38 heavy (non-hydrogen) atoms. The fourth-order valence-electron chi connectivity index (χ4n) is 4.59. The van der Waals surface area contributed by atoms with Gasteiger partial charge in [-0.2, -0.15) is 0 Å². The summed E-state index contributed by atoms with van der Waals surface area (Å²) in [6.45, 7) is 6.36. The average Bonchev–Trinajstić information content (AvgIpc) is 3.30. The number of alkyl halides is 1. The van der Waals surface area contributed by atoms with Crippen molar-refractivity contribution >= 4 is 29.2 Å². The molecule has 0 bridgehead atoms. The normalized spacial score (nSPS) is 21.2. The maximum atomic E-state index is 12.6. The van der Waals surface area contributed by atoms with Crippen LogP contribution in [-0.4, -0.2) is 78.7 Å². The van der Waals surface area contributed by atoms with E-state index in [9.17, 15) is 14.7 Å². The molecule has 1 saturated heterocycles. The number of carbonyl (C=O) groups excluding carboxylic acids is 1. The number of nitrogens with zero attached hydrogens (tertiary/aromatic N) is 2. The molecule has 2 unspecified atom stereocenters. The van der Waals surface area contributed by atoms with Crippen molar-refractivity contribution in [2.24, 2.45) is 4.99 Å². The van der Waals surface area contributed by atoms with Gasteiger partial charge >= 0.3 is 5.97 Å². The van der Waals surface area contributed by atoms with Crippen molar-refractivity contribution < 1.29 is 24.2 Å². The minimum Gasteiger partial charge on any atom is -0.478 e. The number of aryl methyl sites for hydroxylation is 1. The summed E-state index contributed by atoms with van der Waals surface area (Å²) in [5, 5.41) is 18.4. The second-order valence-electron chi connectivity index (χ2n) is 9.35. The number of carboxylic acid groups (broad SMARTS) is 1. The standard InChI is InChI=1S/C27H30ClN5O5/c1-16-2-7-19(14-20(16)26(35)36)38-27-30-22-15-21(28)23(31-24(22)32-27)17-3-5-18(6-4-17)25(34)29-8-9-33-10-12-37-13-11-33/h2-7,14,21,27,30,32H,8-13,15H2,1H3,(H,29,34)(H,35,36). The molecular formula is C27H30ClN5O5. The zero-order valence-electron chi connectivity index (χ0n) is 21.0. The number of rotatable bonds is 8. The van der Waals surface area contributed by atoms with Crippen LogP contribution in [0.15, 0.2) is 59.0 Å². The largest absolute Gasteiger partial charge is 0.478 e. The number of nitrogens with one attached hydrogen (secondary N) is 3. The van der Waals surface area contributed by atoms with Gasteiger partial charge in [0.05, 0.1) is 35.6 Å². The summed E-state index contributed by atoms with van der Waals surface area (Å²) in [6.07, 6.45) is -0.0967. The van der Waals surface area contributed by atoms with Gasteiger partial charge in [0.1, 0.15) is 11.6 Å². The number of benzene rings is 2. The predicted molar refractivity (Wildman–Crippen MR) is 143 cm³/mol. The fourth-order valence-corrected chi connectivity index (χ4v) is 4.92. The number of allylic oxidation sites excluding steroid dienone is 1. The van der Waals surface area contributed by atoms with Crippen LogP contribution in [-0.2, 0) is 4.74 Å². The Morgan fingerprint density at radius 1 is 1.18 bits per heavy atom. The molecule has 2 atom stereocenters. The van der Waals surface area contributed by atoms with Crippen molar-refractivity contribution in [3.63, 3.8) is 0 Å². The Morgan fingerprint density at radius 3 is 2.68 bits per heavy atom. The van der Waals surface area contributed by atoms with Gasteiger partial charge in [0.15, 0.2) is 0 Å². The molecule has 3 aliphatic heterocycles. The second kappa shape index (κ2) is 11.4. The molecule has 11 heteroatoms. The summed E-state index contributed by atoms with van der Waals surface area (Å²) in [5.74, 6) is -0.0827. The first-order valence-corrected chi connectivity index (χ1v) is 13.0. The minimum atomic E-state index is -1.01. The lowest BCUT2D eigenvalue weighted by atomic mass is 10.0. The quantitative estimate of drug-likeness (QED) is 0.377. The highest BCUT2D eigenvalue weighted by Gasteiger charge is 2.32. The van der Waals surface area contributed by atoms with E-state index in [4.69, 9.17) is 26.1 Å². The van der Waals surface area contributed by atoms with E-state index in [0.717, 1.165) is 44.1 Å². The van der Waals surface area contributed by atoms with Crippen molar-refractivity contribution in [1.29, 1.82) is 0 Å². The Balaban J connectivity index is 1.19. The number of hydrogen-bond acceptors (Lipinski definition) is 8. The average molecular weight is 540 g/mol. The van der Waals surface area contributed by atoms with Crippen molar-refractivity contribution in [3.8, 4) is 5.75 Å². The van der Waals surface area contributed by atoms with E-state index in [1.807, 2.05) is 12.1 Å². The van der Waals surface area contributed by atoms with Crippen molar-refractivity contribution in [2.45, 2.75) is 25.1 Å². The number of aliphatic imine (C=N–C) groups is 1. The Labute approximate surface area is 225 Å². The summed E-state index contributed by atoms with van der Waals surface area (Å²) in [7, 11) is 0. The van der Waals surface area contributed by atoms with Crippen LogP contribution in [0.5, 0.6) is 5.75 Å². The van der Waals surface area contributed by atoms with E-state index < -0.39 is 12.3 Å². The highest BCUT2D eigenvalue weighted by atomic mass is 35.5. The first-order valence-electron chi connectivity index (χ1n) is 12.6. The number of ether oxygens (including phenoxy) is 2. The Bertz CT molecular complexity index is 1270. The topological polar surface area (TPSA) is 125 Å². The zero-order valence-corrected chi connectivity index (χ0v) is 21.8. The van der Waals surface area contributed by atoms with Gasteiger partial charge in [-0.3, -0.25) is 9.69 Å². The SMILES string of the molecule is Cc1ccc(OC2NC3=C(N=C(c4ccc(C(=O)NCCN5CCOCC5)cc4)C(Cl)C3)N2)cc1C(=O)O. The highest BCUT2D eigenvalue weighted by Crippen LogP contribution is 2.28. The lowest BCUT2D eigenvalue weighted by Crippen LogP contribution is -2.41. The number of halogens is 1. The highest BCUT2D eigenvalue weighted by molar-refractivity contribution is 6.35. The molecule has 4 N–H and O–H groups in total. The minimum absolute atomic E-state index is 0.119. The van der Waals surface area contributed by atoms with Gasteiger partial charge in [-0.15, -0.1) is 11.6 Å². The molecule has 10 nitrogen and oxygen atoms in total. The number of amides is 1. The maximum absolute atomic E-state index is 12.6. The number of aromatic carboxylic acids is 1. The van der Waals surface area contributed by atoms with E-state index in [-0.39, 0.29) is 16.8 Å². The van der Waals surface area contributed by atoms with Crippen LogP contribution in [0.2, 0.25) is 0 Å². The first kappa shape index (κ1) is 26.0. The Morgan fingerprint density at radius 2 is 1.95 bits per heavy atom. The maximum Gasteiger partial charge on any atom is 0.336 e. The van der Waals surface area contributed by atoms with E-state index >= 15 is 0 Å². The van der Waals surface area contributed by atoms with E-state index in [1.54, 1.807) is 31.2 Å². The molecule has 3 heterocycles. The van der Waals surface area contributed by atoms with Crippen LogP contribution < -0.4 is 20.7 Å². The van der Waals surface area contributed by atoms with Crippen LogP contribution in [0.1, 0.15) is 38.3 Å². The molecule has 3 aliphatic rings. The van der Waals surface area contributed by atoms with Crippen molar-refractivity contribution in [2.75, 3.05) is 39.4 Å². The van der Waals surface area contributed by atoms with Crippen molar-refractivity contribution in [3.05, 3.63) is 76.2 Å². The lowest BCUT2D eigenvalue weighted by Gasteiger charge is -2.26. The molecule has 2 aromatic rings. The number of morpholine rings is 1. The zero-order chi connectivity index (χ0) is 26.6. The fraction of sp³-hybridized carbons (Fsp3) is 0.370. The monoisotopic (exact) mass is 539 g/mol. The summed E-state index contributed by atoms with van der Waals surface area (Å²) >= 11 is 6.68. The molecule has 0 saturated carbocycles. The first-order chi connectivity index (χ1) is 18.4. The summed E-state index contributed by atoms with van der Waals surface area (Å²) < 4.78 is 11.3. The summed E-state index contributed by atoms with van der Waals surface area (Å²) in [4.78, 5) is 31.0. The van der Waals surface area contributed by atoms with Gasteiger partial charge in [-0.1, -0.05) is 18.2 Å². The molecule has 5 rings (SSSR count). The number of hydrogen-bond donors (Lipinski definition) is 4. The molecular weight excluding hydrogens is 510 g/mol.